The number of anilines is 1. The van der Waals surface area contributed by atoms with Gasteiger partial charge in [-0.25, -0.2) is 0 Å². The summed E-state index contributed by atoms with van der Waals surface area (Å²) in [5.41, 5.74) is 6.12. The van der Waals surface area contributed by atoms with Gasteiger partial charge in [0.1, 0.15) is 5.75 Å². The Bertz CT molecular complexity index is 503. The van der Waals surface area contributed by atoms with Crippen molar-refractivity contribution < 1.29 is 18.3 Å². The first-order chi connectivity index (χ1) is 9.97. The maximum atomic E-state index is 12.4. The molecule has 0 bridgehead atoms. The van der Waals surface area contributed by atoms with E-state index in [1.807, 2.05) is 4.90 Å². The number of ether oxygens (including phenoxy) is 1. The summed E-state index contributed by atoms with van der Waals surface area (Å²) in [6.45, 7) is -0.0361. The number of benzene rings is 1. The number of nitrogens with one attached hydrogen (secondary N) is 1. The Hall–Kier alpha value is -1.60. The van der Waals surface area contributed by atoms with Crippen LogP contribution in [0.2, 0.25) is 0 Å². The summed E-state index contributed by atoms with van der Waals surface area (Å²) in [7, 11) is 0. The molecule has 124 valence electrons. The lowest BCUT2D eigenvalue weighted by Crippen LogP contribution is -2.44. The van der Waals surface area contributed by atoms with Gasteiger partial charge in [-0.3, -0.25) is 4.79 Å². The zero-order chi connectivity index (χ0) is 15.4. The van der Waals surface area contributed by atoms with Crippen LogP contribution in [0.3, 0.4) is 0 Å². The van der Waals surface area contributed by atoms with Crippen LogP contribution in [-0.4, -0.2) is 37.7 Å². The van der Waals surface area contributed by atoms with E-state index in [9.17, 15) is 13.6 Å². The molecule has 1 amide bonds. The van der Waals surface area contributed by atoms with Crippen LogP contribution in [0.1, 0.15) is 13.3 Å². The van der Waals surface area contributed by atoms with Gasteiger partial charge in [0.25, 0.3) is 0 Å². The summed E-state index contributed by atoms with van der Waals surface area (Å²) in [6.07, 6.45) is 0.738. The predicted molar refractivity (Wildman–Crippen MR) is 82.7 cm³/mol. The SMILES string of the molecule is CC(N)C(=O)NC1CCN(c2ccccc2OC(F)F)C1.Cl. The van der Waals surface area contributed by atoms with Crippen LogP contribution < -0.4 is 20.7 Å². The summed E-state index contributed by atoms with van der Waals surface area (Å²) >= 11 is 0. The molecular formula is C14H20ClF2N3O2. The second kappa shape index (κ2) is 8.14. The third-order valence-electron chi connectivity index (χ3n) is 3.37. The van der Waals surface area contributed by atoms with E-state index in [1.54, 1.807) is 25.1 Å². The number of rotatable bonds is 5. The third kappa shape index (κ3) is 4.71. The number of alkyl halides is 2. The molecule has 2 rings (SSSR count). The average Bonchev–Trinajstić information content (AvgIpc) is 2.87. The Morgan fingerprint density at radius 2 is 2.14 bits per heavy atom. The fourth-order valence-electron chi connectivity index (χ4n) is 2.34. The van der Waals surface area contributed by atoms with Crippen LogP contribution in [0, 0.1) is 0 Å². The van der Waals surface area contributed by atoms with Crippen molar-refractivity contribution in [1.82, 2.24) is 5.32 Å². The highest BCUT2D eigenvalue weighted by Crippen LogP contribution is 2.31. The molecule has 22 heavy (non-hydrogen) atoms. The molecule has 3 N–H and O–H groups in total. The highest BCUT2D eigenvalue weighted by molar-refractivity contribution is 5.85. The molecule has 0 saturated carbocycles. The molecule has 1 saturated heterocycles. The average molecular weight is 336 g/mol. The van der Waals surface area contributed by atoms with Gasteiger partial charge in [0, 0.05) is 19.1 Å². The summed E-state index contributed by atoms with van der Waals surface area (Å²) in [5, 5.41) is 2.84. The van der Waals surface area contributed by atoms with E-state index in [4.69, 9.17) is 5.73 Å². The van der Waals surface area contributed by atoms with Crippen molar-refractivity contribution in [1.29, 1.82) is 0 Å². The number of nitrogens with zero attached hydrogens (tertiary/aromatic N) is 1. The van der Waals surface area contributed by atoms with Crippen molar-refractivity contribution in [3.05, 3.63) is 24.3 Å². The van der Waals surface area contributed by atoms with Gasteiger partial charge in [-0.05, 0) is 25.5 Å². The Kier molecular flexibility index (Phi) is 6.83. The highest BCUT2D eigenvalue weighted by Gasteiger charge is 2.26. The monoisotopic (exact) mass is 335 g/mol. The lowest BCUT2D eigenvalue weighted by atomic mass is 10.2. The Morgan fingerprint density at radius 3 is 2.77 bits per heavy atom. The van der Waals surface area contributed by atoms with Crippen LogP contribution in [-0.2, 0) is 4.79 Å². The molecular weight excluding hydrogens is 316 g/mol. The molecule has 1 aromatic carbocycles. The summed E-state index contributed by atoms with van der Waals surface area (Å²) in [6, 6.07) is 6.05. The lowest BCUT2D eigenvalue weighted by Gasteiger charge is -2.22. The maximum absolute atomic E-state index is 12.4. The Morgan fingerprint density at radius 1 is 1.45 bits per heavy atom. The highest BCUT2D eigenvalue weighted by atomic mass is 35.5. The molecule has 1 heterocycles. The molecule has 0 aliphatic carbocycles. The van der Waals surface area contributed by atoms with E-state index >= 15 is 0 Å². The second-order valence-corrected chi connectivity index (χ2v) is 5.08. The maximum Gasteiger partial charge on any atom is 0.387 e. The number of hydrogen-bond acceptors (Lipinski definition) is 4. The minimum atomic E-state index is -2.86. The molecule has 1 fully saturated rings. The van der Waals surface area contributed by atoms with Crippen LogP contribution in [0.4, 0.5) is 14.5 Å². The molecule has 2 unspecified atom stereocenters. The van der Waals surface area contributed by atoms with Crippen molar-refractivity contribution in [3.8, 4) is 5.75 Å². The smallest absolute Gasteiger partial charge is 0.387 e. The van der Waals surface area contributed by atoms with E-state index in [2.05, 4.69) is 10.1 Å². The van der Waals surface area contributed by atoms with Gasteiger partial charge in [-0.15, -0.1) is 12.4 Å². The topological polar surface area (TPSA) is 67.6 Å². The van der Waals surface area contributed by atoms with E-state index in [-0.39, 0.29) is 30.1 Å². The molecule has 0 radical (unpaired) electrons. The van der Waals surface area contributed by atoms with Crippen LogP contribution in [0.15, 0.2) is 24.3 Å². The number of para-hydroxylation sites is 2. The fourth-order valence-corrected chi connectivity index (χ4v) is 2.34. The normalized spacial score (nSPS) is 18.8. The summed E-state index contributed by atoms with van der Waals surface area (Å²) < 4.78 is 29.4. The van der Waals surface area contributed by atoms with Gasteiger partial charge < -0.3 is 20.7 Å². The molecule has 5 nitrogen and oxygen atoms in total. The number of hydrogen-bond donors (Lipinski definition) is 2. The number of nitrogens with two attached hydrogens (primary N) is 1. The van der Waals surface area contributed by atoms with E-state index in [0.717, 1.165) is 6.42 Å². The van der Waals surface area contributed by atoms with Gasteiger partial charge >= 0.3 is 6.61 Å². The lowest BCUT2D eigenvalue weighted by molar-refractivity contribution is -0.122. The van der Waals surface area contributed by atoms with E-state index in [1.165, 1.54) is 6.07 Å². The number of carbonyl (C=O) groups excluding carboxylic acids is 1. The van der Waals surface area contributed by atoms with E-state index in [0.29, 0.717) is 18.8 Å². The van der Waals surface area contributed by atoms with Crippen molar-refractivity contribution in [2.45, 2.75) is 32.0 Å². The van der Waals surface area contributed by atoms with Gasteiger partial charge in [-0.2, -0.15) is 8.78 Å². The zero-order valence-electron chi connectivity index (χ0n) is 12.2. The van der Waals surface area contributed by atoms with Crippen molar-refractivity contribution >= 4 is 24.0 Å². The fraction of sp³-hybridized carbons (Fsp3) is 0.500. The molecule has 0 spiro atoms. The minimum absolute atomic E-state index is 0. The number of amides is 1. The van der Waals surface area contributed by atoms with Gasteiger partial charge in [0.2, 0.25) is 5.91 Å². The molecule has 1 aromatic rings. The predicted octanol–water partition coefficient (Wildman–Crippen LogP) is 1.75. The molecule has 1 aliphatic rings. The minimum Gasteiger partial charge on any atom is -0.433 e. The number of carbonyl (C=O) groups is 1. The summed E-state index contributed by atoms with van der Waals surface area (Å²) in [4.78, 5) is 13.5. The van der Waals surface area contributed by atoms with Gasteiger partial charge in [0.05, 0.1) is 11.7 Å². The molecule has 0 aromatic heterocycles. The largest absolute Gasteiger partial charge is 0.433 e. The van der Waals surface area contributed by atoms with E-state index < -0.39 is 12.7 Å². The third-order valence-corrected chi connectivity index (χ3v) is 3.37. The first kappa shape index (κ1) is 18.4. The van der Waals surface area contributed by atoms with Crippen molar-refractivity contribution in [3.63, 3.8) is 0 Å². The first-order valence-electron chi connectivity index (χ1n) is 6.82. The summed E-state index contributed by atoms with van der Waals surface area (Å²) in [5.74, 6) is -0.0642. The first-order valence-corrected chi connectivity index (χ1v) is 6.82. The number of halogens is 3. The Balaban J connectivity index is 0.00000242. The zero-order valence-corrected chi connectivity index (χ0v) is 13.0. The second-order valence-electron chi connectivity index (χ2n) is 5.08. The van der Waals surface area contributed by atoms with Crippen molar-refractivity contribution in [2.75, 3.05) is 18.0 Å². The quantitative estimate of drug-likeness (QED) is 0.860. The van der Waals surface area contributed by atoms with Crippen molar-refractivity contribution in [2.24, 2.45) is 5.73 Å². The Labute approximate surface area is 134 Å². The molecule has 8 heteroatoms. The van der Waals surface area contributed by atoms with Crippen LogP contribution in [0.5, 0.6) is 5.75 Å². The standard InChI is InChI=1S/C14H19F2N3O2.ClH/c1-9(17)13(20)18-10-6-7-19(8-10)11-4-2-3-5-12(11)21-14(15)16;/h2-5,9-10,14H,6-8,17H2,1H3,(H,18,20);1H. The van der Waals surface area contributed by atoms with Gasteiger partial charge in [-0.1, -0.05) is 12.1 Å². The van der Waals surface area contributed by atoms with Gasteiger partial charge in [0.15, 0.2) is 0 Å². The molecule has 2 atom stereocenters. The van der Waals surface area contributed by atoms with Crippen LogP contribution >= 0.6 is 12.4 Å². The molecule has 1 aliphatic heterocycles. The van der Waals surface area contributed by atoms with Crippen LogP contribution in [0.25, 0.3) is 0 Å².